The maximum absolute atomic E-state index is 11.2. The summed E-state index contributed by atoms with van der Waals surface area (Å²) in [6, 6.07) is 9.92. The van der Waals surface area contributed by atoms with Crippen molar-refractivity contribution in [3.8, 4) is 11.8 Å². The van der Waals surface area contributed by atoms with Crippen LogP contribution >= 0.6 is 0 Å². The molecule has 0 aromatic heterocycles. The van der Waals surface area contributed by atoms with Gasteiger partial charge in [-0.25, -0.2) is 0 Å². The van der Waals surface area contributed by atoms with Gasteiger partial charge in [0.1, 0.15) is 0 Å². The molecule has 0 amide bonds. The van der Waals surface area contributed by atoms with Gasteiger partial charge in [0.05, 0.1) is 32.8 Å². The van der Waals surface area contributed by atoms with Crippen LogP contribution in [0, 0.1) is 11.8 Å². The van der Waals surface area contributed by atoms with Crippen LogP contribution in [0.1, 0.15) is 12.0 Å². The third-order valence-corrected chi connectivity index (χ3v) is 3.15. The van der Waals surface area contributed by atoms with Crippen LogP contribution in [0.15, 0.2) is 30.3 Å². The molecule has 0 bridgehead atoms. The summed E-state index contributed by atoms with van der Waals surface area (Å²) in [7, 11) is 1.40. The van der Waals surface area contributed by atoms with E-state index in [4.69, 9.17) is 4.74 Å². The van der Waals surface area contributed by atoms with E-state index in [1.807, 2.05) is 30.3 Å². The molecule has 0 radical (unpaired) electrons. The number of benzene rings is 1. The predicted molar refractivity (Wildman–Crippen MR) is 76.1 cm³/mol. The fourth-order valence-electron chi connectivity index (χ4n) is 2.09. The lowest BCUT2D eigenvalue weighted by atomic mass is 10.2. The molecule has 1 aromatic carbocycles. The second-order valence-corrected chi connectivity index (χ2v) is 4.68. The molecule has 1 heterocycles. The molecule has 0 spiro atoms. The highest BCUT2D eigenvalue weighted by Gasteiger charge is 2.22. The smallest absolute Gasteiger partial charge is 0.308 e. The topological polar surface area (TPSA) is 38.8 Å². The van der Waals surface area contributed by atoms with E-state index in [0.29, 0.717) is 19.6 Å². The van der Waals surface area contributed by atoms with Crippen LogP contribution in [0.2, 0.25) is 0 Å². The quantitative estimate of drug-likeness (QED) is 0.615. The minimum Gasteiger partial charge on any atom is -0.469 e. The number of morpholine rings is 1. The van der Waals surface area contributed by atoms with E-state index >= 15 is 0 Å². The zero-order chi connectivity index (χ0) is 14.2. The Kier molecular flexibility index (Phi) is 5.60. The lowest BCUT2D eigenvalue weighted by molar-refractivity contribution is -0.145. The van der Waals surface area contributed by atoms with Gasteiger partial charge < -0.3 is 9.47 Å². The largest absolute Gasteiger partial charge is 0.469 e. The van der Waals surface area contributed by atoms with Gasteiger partial charge in [-0.3, -0.25) is 9.69 Å². The van der Waals surface area contributed by atoms with Gasteiger partial charge in [0.15, 0.2) is 0 Å². The third-order valence-electron chi connectivity index (χ3n) is 3.15. The van der Waals surface area contributed by atoms with Crippen molar-refractivity contribution in [3.05, 3.63) is 35.9 Å². The Morgan fingerprint density at radius 1 is 1.45 bits per heavy atom. The fourth-order valence-corrected chi connectivity index (χ4v) is 2.09. The second kappa shape index (κ2) is 7.68. The van der Waals surface area contributed by atoms with Crippen molar-refractivity contribution in [2.75, 3.05) is 33.4 Å². The molecule has 106 valence electrons. The van der Waals surface area contributed by atoms with Crippen LogP contribution in [0.5, 0.6) is 0 Å². The first-order valence-electron chi connectivity index (χ1n) is 6.72. The zero-order valence-corrected chi connectivity index (χ0v) is 11.7. The van der Waals surface area contributed by atoms with Gasteiger partial charge in [-0.1, -0.05) is 30.0 Å². The van der Waals surface area contributed by atoms with E-state index in [0.717, 1.165) is 18.7 Å². The zero-order valence-electron chi connectivity index (χ0n) is 11.7. The number of ether oxygens (including phenoxy) is 2. The first-order chi connectivity index (χ1) is 9.78. The van der Waals surface area contributed by atoms with Crippen molar-refractivity contribution < 1.29 is 14.3 Å². The summed E-state index contributed by atoms with van der Waals surface area (Å²) in [6.07, 6.45) is 0.216. The van der Waals surface area contributed by atoms with Crippen LogP contribution in [-0.2, 0) is 14.3 Å². The van der Waals surface area contributed by atoms with Crippen molar-refractivity contribution in [2.24, 2.45) is 0 Å². The summed E-state index contributed by atoms with van der Waals surface area (Å²) in [5.41, 5.74) is 1.02. The Labute approximate surface area is 119 Å². The molecule has 2 rings (SSSR count). The highest BCUT2D eigenvalue weighted by Crippen LogP contribution is 2.08. The fraction of sp³-hybridized carbons (Fsp3) is 0.438. The van der Waals surface area contributed by atoms with Gasteiger partial charge in [0.2, 0.25) is 0 Å². The molecule has 0 aliphatic carbocycles. The molecule has 1 atom stereocenters. The Hall–Kier alpha value is -1.83. The Morgan fingerprint density at radius 2 is 2.25 bits per heavy atom. The molecule has 4 nitrogen and oxygen atoms in total. The van der Waals surface area contributed by atoms with Gasteiger partial charge in [-0.2, -0.15) is 0 Å². The number of esters is 1. The van der Waals surface area contributed by atoms with E-state index in [1.165, 1.54) is 7.11 Å². The molecular formula is C16H19NO3. The summed E-state index contributed by atoms with van der Waals surface area (Å²) >= 11 is 0. The molecule has 1 unspecified atom stereocenters. The number of hydrogen-bond donors (Lipinski definition) is 0. The van der Waals surface area contributed by atoms with Crippen molar-refractivity contribution >= 4 is 5.97 Å². The van der Waals surface area contributed by atoms with E-state index in [9.17, 15) is 4.79 Å². The minimum absolute atomic E-state index is 0.0882. The minimum atomic E-state index is -0.229. The van der Waals surface area contributed by atoms with Crippen LogP contribution < -0.4 is 0 Å². The molecule has 20 heavy (non-hydrogen) atoms. The lowest BCUT2D eigenvalue weighted by Crippen LogP contribution is -2.43. The van der Waals surface area contributed by atoms with E-state index in [2.05, 4.69) is 21.5 Å². The highest BCUT2D eigenvalue weighted by molar-refractivity contribution is 5.69. The van der Waals surface area contributed by atoms with Gasteiger partial charge in [0.25, 0.3) is 0 Å². The van der Waals surface area contributed by atoms with Crippen LogP contribution in [0.4, 0.5) is 0 Å². The summed E-state index contributed by atoms with van der Waals surface area (Å²) in [4.78, 5) is 13.4. The van der Waals surface area contributed by atoms with Gasteiger partial charge in [0, 0.05) is 18.7 Å². The van der Waals surface area contributed by atoms with E-state index in [1.54, 1.807) is 0 Å². The number of nitrogens with zero attached hydrogens (tertiary/aromatic N) is 1. The number of hydrogen-bond acceptors (Lipinski definition) is 4. The summed E-state index contributed by atoms with van der Waals surface area (Å²) in [5.74, 6) is 6.07. The van der Waals surface area contributed by atoms with Gasteiger partial charge in [-0.15, -0.1) is 0 Å². The van der Waals surface area contributed by atoms with Crippen LogP contribution in [-0.4, -0.2) is 50.3 Å². The van der Waals surface area contributed by atoms with Crippen molar-refractivity contribution in [3.63, 3.8) is 0 Å². The number of carbonyl (C=O) groups excluding carboxylic acids is 1. The van der Waals surface area contributed by atoms with Crippen molar-refractivity contribution in [1.82, 2.24) is 4.90 Å². The molecule has 1 aromatic rings. The first-order valence-corrected chi connectivity index (χ1v) is 6.72. The first kappa shape index (κ1) is 14.6. The standard InChI is InChI=1S/C16H19NO3/c1-19-16(18)12-15-13-17(10-11-20-15)9-5-8-14-6-3-2-4-7-14/h2-4,6-7,15H,9-13H2,1H3. The second-order valence-electron chi connectivity index (χ2n) is 4.68. The molecule has 1 aliphatic rings. The average Bonchev–Trinajstić information content (AvgIpc) is 2.48. The lowest BCUT2D eigenvalue weighted by Gasteiger charge is -2.31. The Bertz CT molecular complexity index is 489. The molecule has 0 saturated carbocycles. The van der Waals surface area contributed by atoms with Gasteiger partial charge in [-0.05, 0) is 12.1 Å². The molecular weight excluding hydrogens is 254 g/mol. The summed E-state index contributed by atoms with van der Waals surface area (Å²) in [5, 5.41) is 0. The van der Waals surface area contributed by atoms with Gasteiger partial charge >= 0.3 is 5.97 Å². The maximum Gasteiger partial charge on any atom is 0.308 e. The summed E-state index contributed by atoms with van der Waals surface area (Å²) in [6.45, 7) is 2.89. The molecule has 1 aliphatic heterocycles. The van der Waals surface area contributed by atoms with Crippen LogP contribution in [0.3, 0.4) is 0 Å². The molecule has 1 fully saturated rings. The highest BCUT2D eigenvalue weighted by atomic mass is 16.5. The maximum atomic E-state index is 11.2. The summed E-state index contributed by atoms with van der Waals surface area (Å²) < 4.78 is 10.2. The average molecular weight is 273 g/mol. The third kappa shape index (κ3) is 4.69. The van der Waals surface area contributed by atoms with Crippen LogP contribution in [0.25, 0.3) is 0 Å². The Morgan fingerprint density at radius 3 is 3.00 bits per heavy atom. The van der Waals surface area contributed by atoms with Crippen molar-refractivity contribution in [2.45, 2.75) is 12.5 Å². The monoisotopic (exact) mass is 273 g/mol. The van der Waals surface area contributed by atoms with E-state index in [-0.39, 0.29) is 12.1 Å². The van der Waals surface area contributed by atoms with Crippen molar-refractivity contribution in [1.29, 1.82) is 0 Å². The number of methoxy groups -OCH3 is 1. The normalized spacial score (nSPS) is 18.9. The Balaban J connectivity index is 1.81. The molecule has 1 saturated heterocycles. The SMILES string of the molecule is COC(=O)CC1CN(CC#Cc2ccccc2)CCO1. The molecule has 4 heteroatoms. The predicted octanol–water partition coefficient (Wildman–Crippen LogP) is 1.30. The number of carbonyl (C=O) groups is 1. The number of rotatable bonds is 3. The molecule has 0 N–H and O–H groups in total. The van der Waals surface area contributed by atoms with E-state index < -0.39 is 0 Å².